The van der Waals surface area contributed by atoms with Crippen molar-refractivity contribution in [3.63, 3.8) is 0 Å². The van der Waals surface area contributed by atoms with Crippen LogP contribution in [0.5, 0.6) is 0 Å². The molecule has 0 saturated heterocycles. The first-order valence-electron chi connectivity index (χ1n) is 8.13. The molecule has 0 aromatic carbocycles. The number of hydrogen-bond acceptors (Lipinski definition) is 7. The lowest BCUT2D eigenvalue weighted by Crippen LogP contribution is -2.55. The maximum atomic E-state index is 11.9. The van der Waals surface area contributed by atoms with Crippen molar-refractivity contribution < 1.29 is 29.4 Å². The Morgan fingerprint density at radius 1 is 1.22 bits per heavy atom. The van der Waals surface area contributed by atoms with Crippen LogP contribution >= 0.6 is 0 Å². The molecule has 0 radical (unpaired) electrons. The quantitative estimate of drug-likeness (QED) is 0.219. The molecule has 12 heteroatoms. The van der Waals surface area contributed by atoms with Gasteiger partial charge in [0.05, 0.1) is 25.0 Å². The van der Waals surface area contributed by atoms with Crippen LogP contribution in [0, 0.1) is 0 Å². The summed E-state index contributed by atoms with van der Waals surface area (Å²) in [7, 11) is 0. The van der Waals surface area contributed by atoms with E-state index in [9.17, 15) is 24.3 Å². The second-order valence-corrected chi connectivity index (χ2v) is 5.96. The standard InChI is InChI=1S/C15H24N6O6/c1-7(13(24)21-12(8(2)22)15(26)27)20-11(23)5-18-14(25)10(16)3-9-4-17-6-19-9/h4,6-8,10,12,22H,3,5,16H2,1-2H3,(H,17,19)(H,18,25)(H,20,23)(H,21,24)(H,26,27). The van der Waals surface area contributed by atoms with E-state index in [-0.39, 0.29) is 6.42 Å². The molecule has 27 heavy (non-hydrogen) atoms. The first-order chi connectivity index (χ1) is 12.6. The highest BCUT2D eigenvalue weighted by molar-refractivity contribution is 5.92. The minimum Gasteiger partial charge on any atom is -0.480 e. The van der Waals surface area contributed by atoms with E-state index in [4.69, 9.17) is 10.8 Å². The van der Waals surface area contributed by atoms with Crippen LogP contribution in [0.1, 0.15) is 19.5 Å². The van der Waals surface area contributed by atoms with E-state index in [1.165, 1.54) is 26.4 Å². The van der Waals surface area contributed by atoms with Gasteiger partial charge in [0.15, 0.2) is 6.04 Å². The van der Waals surface area contributed by atoms with E-state index < -0.39 is 54.5 Å². The van der Waals surface area contributed by atoms with Crippen molar-refractivity contribution in [3.8, 4) is 0 Å². The van der Waals surface area contributed by atoms with Crippen molar-refractivity contribution in [2.24, 2.45) is 5.73 Å². The molecule has 0 bridgehead atoms. The predicted octanol–water partition coefficient (Wildman–Crippen LogP) is -3.15. The average Bonchev–Trinajstić information content (AvgIpc) is 3.09. The molecule has 3 amide bonds. The van der Waals surface area contributed by atoms with Gasteiger partial charge < -0.3 is 36.9 Å². The topological polar surface area (TPSA) is 200 Å². The lowest BCUT2D eigenvalue weighted by molar-refractivity contribution is -0.145. The normalized spacial score (nSPS) is 15.1. The number of carboxylic acids is 1. The zero-order valence-electron chi connectivity index (χ0n) is 14.9. The van der Waals surface area contributed by atoms with Crippen molar-refractivity contribution in [3.05, 3.63) is 18.2 Å². The fourth-order valence-corrected chi connectivity index (χ4v) is 2.05. The van der Waals surface area contributed by atoms with Crippen molar-refractivity contribution in [1.29, 1.82) is 0 Å². The third kappa shape index (κ3) is 7.42. The number of nitrogens with zero attached hydrogens (tertiary/aromatic N) is 1. The van der Waals surface area contributed by atoms with Gasteiger partial charge in [-0.2, -0.15) is 0 Å². The molecule has 4 atom stereocenters. The third-order valence-electron chi connectivity index (χ3n) is 3.57. The lowest BCUT2D eigenvalue weighted by atomic mass is 10.1. The lowest BCUT2D eigenvalue weighted by Gasteiger charge is -2.20. The van der Waals surface area contributed by atoms with Gasteiger partial charge in [-0.1, -0.05) is 0 Å². The molecule has 0 aliphatic rings. The van der Waals surface area contributed by atoms with Crippen LogP contribution in [0.15, 0.2) is 12.5 Å². The Morgan fingerprint density at radius 3 is 2.41 bits per heavy atom. The Balaban J connectivity index is 2.40. The van der Waals surface area contributed by atoms with Gasteiger partial charge in [0.1, 0.15) is 6.04 Å². The molecule has 1 aromatic rings. The highest BCUT2D eigenvalue weighted by atomic mass is 16.4. The Bertz CT molecular complexity index is 662. The van der Waals surface area contributed by atoms with Crippen molar-refractivity contribution in [2.45, 2.75) is 44.5 Å². The van der Waals surface area contributed by atoms with Crippen molar-refractivity contribution in [1.82, 2.24) is 25.9 Å². The molecule has 1 heterocycles. The van der Waals surface area contributed by atoms with Gasteiger partial charge in [0, 0.05) is 18.3 Å². The summed E-state index contributed by atoms with van der Waals surface area (Å²) in [5.74, 6) is -3.42. The largest absolute Gasteiger partial charge is 0.480 e. The molecular formula is C15H24N6O6. The number of carboxylic acid groups (broad SMARTS) is 1. The molecule has 12 nitrogen and oxygen atoms in total. The van der Waals surface area contributed by atoms with Crippen LogP contribution < -0.4 is 21.7 Å². The number of hydrogen-bond donors (Lipinski definition) is 7. The highest BCUT2D eigenvalue weighted by Crippen LogP contribution is 1.97. The summed E-state index contributed by atoms with van der Waals surface area (Å²) in [5.41, 5.74) is 6.39. The van der Waals surface area contributed by atoms with Crippen molar-refractivity contribution >= 4 is 23.7 Å². The molecule has 4 unspecified atom stereocenters. The molecule has 8 N–H and O–H groups in total. The highest BCUT2D eigenvalue weighted by Gasteiger charge is 2.27. The van der Waals surface area contributed by atoms with Gasteiger partial charge in [-0.3, -0.25) is 14.4 Å². The van der Waals surface area contributed by atoms with Gasteiger partial charge in [-0.05, 0) is 13.8 Å². The molecule has 0 saturated carbocycles. The average molecular weight is 384 g/mol. The SMILES string of the molecule is CC(NC(=O)CNC(=O)C(N)Cc1cnc[nH]1)C(=O)NC(C(=O)O)C(C)O. The van der Waals surface area contributed by atoms with E-state index >= 15 is 0 Å². The third-order valence-corrected chi connectivity index (χ3v) is 3.57. The molecule has 1 rings (SSSR count). The number of nitrogens with one attached hydrogen (secondary N) is 4. The minimum absolute atomic E-state index is 0.210. The van der Waals surface area contributed by atoms with Crippen LogP contribution in [-0.4, -0.2) is 74.6 Å². The number of aliphatic carboxylic acids is 1. The second-order valence-electron chi connectivity index (χ2n) is 5.96. The van der Waals surface area contributed by atoms with Gasteiger partial charge in [-0.25, -0.2) is 9.78 Å². The molecule has 150 valence electrons. The van der Waals surface area contributed by atoms with Gasteiger partial charge in [0.2, 0.25) is 17.7 Å². The molecule has 0 fully saturated rings. The van der Waals surface area contributed by atoms with Gasteiger partial charge in [-0.15, -0.1) is 0 Å². The number of carbonyl (C=O) groups excluding carboxylic acids is 3. The summed E-state index contributed by atoms with van der Waals surface area (Å²) in [4.78, 5) is 53.2. The van der Waals surface area contributed by atoms with E-state index in [1.54, 1.807) is 0 Å². The maximum absolute atomic E-state index is 11.9. The number of H-pyrrole nitrogens is 1. The Labute approximate surface area is 154 Å². The number of imidazole rings is 1. The summed E-state index contributed by atoms with van der Waals surface area (Å²) in [6.45, 7) is 2.14. The summed E-state index contributed by atoms with van der Waals surface area (Å²) in [6.07, 6.45) is 1.87. The van der Waals surface area contributed by atoms with E-state index in [0.717, 1.165) is 0 Å². The zero-order chi connectivity index (χ0) is 20.6. The number of aromatic amines is 1. The van der Waals surface area contributed by atoms with E-state index in [0.29, 0.717) is 5.69 Å². The molecule has 0 aliphatic heterocycles. The van der Waals surface area contributed by atoms with Crippen LogP contribution in [0.2, 0.25) is 0 Å². The Morgan fingerprint density at radius 2 is 1.89 bits per heavy atom. The fraction of sp³-hybridized carbons (Fsp3) is 0.533. The van der Waals surface area contributed by atoms with Gasteiger partial charge >= 0.3 is 5.97 Å². The molecule has 0 spiro atoms. The van der Waals surface area contributed by atoms with Crippen LogP contribution in [0.4, 0.5) is 0 Å². The van der Waals surface area contributed by atoms with Crippen LogP contribution in [0.3, 0.4) is 0 Å². The monoisotopic (exact) mass is 384 g/mol. The number of aliphatic hydroxyl groups excluding tert-OH is 1. The van der Waals surface area contributed by atoms with E-state index in [1.807, 2.05) is 0 Å². The summed E-state index contributed by atoms with van der Waals surface area (Å²) in [6, 6.07) is -3.47. The summed E-state index contributed by atoms with van der Waals surface area (Å²) in [5, 5.41) is 25.0. The predicted molar refractivity (Wildman–Crippen MR) is 92.1 cm³/mol. The van der Waals surface area contributed by atoms with Crippen molar-refractivity contribution in [2.75, 3.05) is 6.54 Å². The second kappa shape index (κ2) is 10.2. The number of amides is 3. The summed E-state index contributed by atoms with van der Waals surface area (Å²) < 4.78 is 0. The summed E-state index contributed by atoms with van der Waals surface area (Å²) >= 11 is 0. The minimum atomic E-state index is -1.50. The number of carbonyl (C=O) groups is 4. The van der Waals surface area contributed by atoms with Crippen LogP contribution in [0.25, 0.3) is 0 Å². The number of nitrogens with two attached hydrogens (primary N) is 1. The Kier molecular flexibility index (Phi) is 8.35. The number of rotatable bonds is 10. The van der Waals surface area contributed by atoms with Crippen LogP contribution in [-0.2, 0) is 25.6 Å². The Hall–Kier alpha value is -2.99. The van der Waals surface area contributed by atoms with E-state index in [2.05, 4.69) is 25.9 Å². The number of aliphatic hydroxyl groups is 1. The first kappa shape index (κ1) is 22.1. The number of aromatic nitrogens is 2. The van der Waals surface area contributed by atoms with Gasteiger partial charge in [0.25, 0.3) is 0 Å². The molecular weight excluding hydrogens is 360 g/mol. The first-order valence-corrected chi connectivity index (χ1v) is 8.13. The fourth-order valence-electron chi connectivity index (χ4n) is 2.05. The zero-order valence-corrected chi connectivity index (χ0v) is 14.9. The maximum Gasteiger partial charge on any atom is 0.328 e. The molecule has 0 aliphatic carbocycles. The molecule has 1 aromatic heterocycles. The smallest absolute Gasteiger partial charge is 0.328 e.